The lowest BCUT2D eigenvalue weighted by molar-refractivity contribution is 0.0733. The molecule has 4 rings (SSSR count). The molecule has 1 amide bonds. The zero-order valence-corrected chi connectivity index (χ0v) is 13.2. The van der Waals surface area contributed by atoms with Gasteiger partial charge in [-0.3, -0.25) is 9.59 Å². The van der Waals surface area contributed by atoms with Gasteiger partial charge in [0.15, 0.2) is 11.5 Å². The topological polar surface area (TPSA) is 71.6 Å². The molecule has 0 bridgehead atoms. The van der Waals surface area contributed by atoms with Gasteiger partial charge >= 0.3 is 0 Å². The van der Waals surface area contributed by atoms with Crippen LogP contribution in [-0.4, -0.2) is 35.5 Å². The van der Waals surface area contributed by atoms with Crippen LogP contribution in [0.2, 0.25) is 0 Å². The maximum absolute atomic E-state index is 12.8. The molecule has 124 valence electrons. The largest absolute Gasteiger partial charge is 0.486 e. The summed E-state index contributed by atoms with van der Waals surface area (Å²) in [5.74, 6) is 1.23. The summed E-state index contributed by atoms with van der Waals surface area (Å²) in [6.45, 7) is 1.73. The van der Waals surface area contributed by atoms with Crippen LogP contribution in [0.1, 0.15) is 34.8 Å². The second-order valence-corrected chi connectivity index (χ2v) is 5.97. The van der Waals surface area contributed by atoms with E-state index in [1.165, 1.54) is 6.20 Å². The van der Waals surface area contributed by atoms with Gasteiger partial charge in [-0.15, -0.1) is 0 Å². The molecule has 1 aromatic carbocycles. The number of hydrogen-bond donors (Lipinski definition) is 1. The van der Waals surface area contributed by atoms with Gasteiger partial charge in [-0.2, -0.15) is 0 Å². The molecular weight excluding hydrogens is 308 g/mol. The highest BCUT2D eigenvalue weighted by molar-refractivity contribution is 5.94. The van der Waals surface area contributed by atoms with Crippen LogP contribution in [0.4, 0.5) is 0 Å². The van der Waals surface area contributed by atoms with E-state index in [2.05, 4.69) is 4.98 Å². The number of pyridine rings is 1. The van der Waals surface area contributed by atoms with E-state index >= 15 is 0 Å². The standard InChI is InChI=1S/C18H18N2O4/c21-17-13(3-1-7-19-17)18(22)20-8-2-4-14(20)12-5-6-15-16(11-12)24-10-9-23-15/h1,3,5-7,11,14H,2,4,8-10H2,(H,19,21)/t14-/m1/s1. The molecule has 0 saturated carbocycles. The van der Waals surface area contributed by atoms with Crippen LogP contribution in [0.5, 0.6) is 11.5 Å². The van der Waals surface area contributed by atoms with Crippen LogP contribution in [-0.2, 0) is 0 Å². The molecule has 0 spiro atoms. The van der Waals surface area contributed by atoms with E-state index in [4.69, 9.17) is 9.47 Å². The number of benzene rings is 1. The van der Waals surface area contributed by atoms with Gasteiger partial charge in [0.2, 0.25) is 0 Å². The predicted octanol–water partition coefficient (Wildman–Crippen LogP) is 2.12. The minimum absolute atomic E-state index is 0.0482. The molecule has 1 aromatic heterocycles. The van der Waals surface area contributed by atoms with Crippen molar-refractivity contribution in [1.29, 1.82) is 0 Å². The maximum atomic E-state index is 12.8. The fraction of sp³-hybridized carbons (Fsp3) is 0.333. The number of ether oxygens (including phenoxy) is 2. The number of hydrogen-bond acceptors (Lipinski definition) is 4. The van der Waals surface area contributed by atoms with Crippen LogP contribution >= 0.6 is 0 Å². The Morgan fingerprint density at radius 1 is 1.17 bits per heavy atom. The van der Waals surface area contributed by atoms with E-state index in [-0.39, 0.29) is 23.1 Å². The second-order valence-electron chi connectivity index (χ2n) is 5.97. The number of nitrogens with zero attached hydrogens (tertiary/aromatic N) is 1. The fourth-order valence-electron chi connectivity index (χ4n) is 3.37. The first-order valence-corrected chi connectivity index (χ1v) is 8.12. The predicted molar refractivity (Wildman–Crippen MR) is 87.5 cm³/mol. The summed E-state index contributed by atoms with van der Waals surface area (Å²) < 4.78 is 11.2. The Morgan fingerprint density at radius 3 is 2.83 bits per heavy atom. The number of carbonyl (C=O) groups is 1. The van der Waals surface area contributed by atoms with Gasteiger partial charge < -0.3 is 19.4 Å². The lowest BCUT2D eigenvalue weighted by atomic mass is 10.0. The van der Waals surface area contributed by atoms with Gasteiger partial charge in [-0.1, -0.05) is 6.07 Å². The van der Waals surface area contributed by atoms with Gasteiger partial charge in [-0.25, -0.2) is 0 Å². The van der Waals surface area contributed by atoms with Crippen LogP contribution < -0.4 is 15.0 Å². The molecule has 1 N–H and O–H groups in total. The average Bonchev–Trinajstić information content (AvgIpc) is 3.11. The van der Waals surface area contributed by atoms with Crippen LogP contribution in [0, 0.1) is 0 Å². The summed E-state index contributed by atoms with van der Waals surface area (Å²) in [4.78, 5) is 29.0. The zero-order valence-electron chi connectivity index (χ0n) is 13.2. The smallest absolute Gasteiger partial charge is 0.260 e. The molecule has 0 aliphatic carbocycles. The first kappa shape index (κ1) is 14.8. The monoisotopic (exact) mass is 326 g/mol. The number of aromatic nitrogens is 1. The van der Waals surface area contributed by atoms with Gasteiger partial charge in [0.25, 0.3) is 11.5 Å². The molecule has 2 aliphatic heterocycles. The molecule has 1 saturated heterocycles. The minimum Gasteiger partial charge on any atom is -0.486 e. The van der Waals surface area contributed by atoms with Crippen molar-refractivity contribution in [3.8, 4) is 11.5 Å². The Bertz CT molecular complexity index is 830. The zero-order chi connectivity index (χ0) is 16.5. The Hall–Kier alpha value is -2.76. The Balaban J connectivity index is 1.64. The normalized spacial score (nSPS) is 19.3. The molecular formula is C18H18N2O4. The quantitative estimate of drug-likeness (QED) is 0.917. The number of rotatable bonds is 2. The van der Waals surface area contributed by atoms with Crippen molar-refractivity contribution in [3.05, 3.63) is 58.0 Å². The Labute approximate surface area is 139 Å². The van der Waals surface area contributed by atoms with E-state index in [1.807, 2.05) is 18.2 Å². The van der Waals surface area contributed by atoms with Crippen molar-refractivity contribution < 1.29 is 14.3 Å². The van der Waals surface area contributed by atoms with E-state index in [1.54, 1.807) is 17.0 Å². The van der Waals surface area contributed by atoms with Crippen LogP contribution in [0.25, 0.3) is 0 Å². The first-order valence-electron chi connectivity index (χ1n) is 8.12. The molecule has 1 fully saturated rings. The summed E-state index contributed by atoms with van der Waals surface area (Å²) in [5.41, 5.74) is 0.842. The molecule has 0 unspecified atom stereocenters. The summed E-state index contributed by atoms with van der Waals surface area (Å²) >= 11 is 0. The van der Waals surface area contributed by atoms with Crippen molar-refractivity contribution in [2.75, 3.05) is 19.8 Å². The molecule has 2 aromatic rings. The Kier molecular flexibility index (Phi) is 3.72. The summed E-state index contributed by atoms with van der Waals surface area (Å²) in [7, 11) is 0. The van der Waals surface area contributed by atoms with Crippen molar-refractivity contribution in [3.63, 3.8) is 0 Å². The SMILES string of the molecule is O=C(c1ccc[nH]c1=O)N1CCC[C@@H]1c1ccc2c(c1)OCCO2. The number of fused-ring (bicyclic) bond motifs is 1. The molecule has 0 radical (unpaired) electrons. The summed E-state index contributed by atoms with van der Waals surface area (Å²) in [5, 5.41) is 0. The van der Waals surface area contributed by atoms with E-state index in [9.17, 15) is 9.59 Å². The lowest BCUT2D eigenvalue weighted by Crippen LogP contribution is -2.34. The van der Waals surface area contributed by atoms with E-state index < -0.39 is 0 Å². The van der Waals surface area contributed by atoms with Crippen molar-refractivity contribution in [2.45, 2.75) is 18.9 Å². The lowest BCUT2D eigenvalue weighted by Gasteiger charge is -2.26. The molecule has 24 heavy (non-hydrogen) atoms. The van der Waals surface area contributed by atoms with Gasteiger partial charge in [0.1, 0.15) is 18.8 Å². The molecule has 6 heteroatoms. The maximum Gasteiger partial charge on any atom is 0.260 e. The van der Waals surface area contributed by atoms with E-state index in [0.29, 0.717) is 19.8 Å². The van der Waals surface area contributed by atoms with Gasteiger partial charge in [-0.05, 0) is 42.7 Å². The highest BCUT2D eigenvalue weighted by atomic mass is 16.6. The summed E-state index contributed by atoms with van der Waals surface area (Å²) in [6, 6.07) is 9.00. The van der Waals surface area contributed by atoms with Gasteiger partial charge in [0, 0.05) is 12.7 Å². The summed E-state index contributed by atoms with van der Waals surface area (Å²) in [6.07, 6.45) is 3.31. The average molecular weight is 326 g/mol. The molecule has 2 aliphatic rings. The van der Waals surface area contributed by atoms with Crippen LogP contribution in [0.3, 0.4) is 0 Å². The third kappa shape index (κ3) is 2.54. The number of H-pyrrole nitrogens is 1. The molecule has 6 nitrogen and oxygen atoms in total. The Morgan fingerprint density at radius 2 is 2.00 bits per heavy atom. The number of amides is 1. The number of aromatic amines is 1. The highest BCUT2D eigenvalue weighted by Gasteiger charge is 2.32. The van der Waals surface area contributed by atoms with Crippen molar-refractivity contribution in [1.82, 2.24) is 9.88 Å². The number of nitrogens with one attached hydrogen (secondary N) is 1. The third-order valence-corrected chi connectivity index (χ3v) is 4.51. The molecule has 1 atom stereocenters. The third-order valence-electron chi connectivity index (χ3n) is 4.51. The number of carbonyl (C=O) groups excluding carboxylic acids is 1. The van der Waals surface area contributed by atoms with Crippen molar-refractivity contribution in [2.24, 2.45) is 0 Å². The van der Waals surface area contributed by atoms with Crippen molar-refractivity contribution >= 4 is 5.91 Å². The van der Waals surface area contributed by atoms with Gasteiger partial charge in [0.05, 0.1) is 6.04 Å². The van der Waals surface area contributed by atoms with Crippen LogP contribution in [0.15, 0.2) is 41.3 Å². The minimum atomic E-state index is -0.352. The number of likely N-dealkylation sites (tertiary alicyclic amines) is 1. The second kappa shape index (κ2) is 6.03. The molecule has 3 heterocycles. The first-order chi connectivity index (χ1) is 11.7. The van der Waals surface area contributed by atoms with E-state index in [0.717, 1.165) is 29.9 Å². The highest BCUT2D eigenvalue weighted by Crippen LogP contribution is 2.38. The fourth-order valence-corrected chi connectivity index (χ4v) is 3.37.